The van der Waals surface area contributed by atoms with Crippen LogP contribution in [0, 0.1) is 0 Å². The Labute approximate surface area is 116 Å². The van der Waals surface area contributed by atoms with E-state index in [1.165, 1.54) is 17.5 Å². The zero-order chi connectivity index (χ0) is 13.5. The van der Waals surface area contributed by atoms with E-state index in [1.54, 1.807) is 0 Å². The van der Waals surface area contributed by atoms with Gasteiger partial charge in [-0.2, -0.15) is 0 Å². The topological polar surface area (TPSA) is 30.5 Å². The number of aryl methyl sites for hydroxylation is 1. The summed E-state index contributed by atoms with van der Waals surface area (Å²) in [6, 6.07) is 9.02. The highest BCUT2D eigenvalue weighted by Gasteiger charge is 2.16. The van der Waals surface area contributed by atoms with Gasteiger partial charge in [0, 0.05) is 6.61 Å². The minimum atomic E-state index is 0.257. The van der Waals surface area contributed by atoms with Gasteiger partial charge in [-0.05, 0) is 37.4 Å². The van der Waals surface area contributed by atoms with Gasteiger partial charge in [0.05, 0.1) is 25.4 Å². The van der Waals surface area contributed by atoms with Crippen molar-refractivity contribution in [3.05, 3.63) is 35.4 Å². The highest BCUT2D eigenvalue weighted by atomic mass is 16.5. The van der Waals surface area contributed by atoms with E-state index in [9.17, 15) is 0 Å². The zero-order valence-corrected chi connectivity index (χ0v) is 12.0. The standard InChI is InChI=1S/C16H25NO2/c1-3-13-6-8-14(9-7-13)16(17-2)12-18-11-15-5-4-10-19-15/h6-9,15-17H,3-5,10-12H2,1-2H3. The summed E-state index contributed by atoms with van der Waals surface area (Å²) < 4.78 is 11.4. The first-order chi connectivity index (χ1) is 9.33. The molecule has 0 aliphatic carbocycles. The molecule has 1 heterocycles. The molecule has 0 saturated carbocycles. The Morgan fingerprint density at radius 2 is 2.16 bits per heavy atom. The molecule has 1 aromatic carbocycles. The summed E-state index contributed by atoms with van der Waals surface area (Å²) in [5.74, 6) is 0. The summed E-state index contributed by atoms with van der Waals surface area (Å²) in [6.07, 6.45) is 3.69. The van der Waals surface area contributed by atoms with E-state index < -0.39 is 0 Å². The Morgan fingerprint density at radius 1 is 1.37 bits per heavy atom. The number of nitrogens with one attached hydrogen (secondary N) is 1. The van der Waals surface area contributed by atoms with Crippen molar-refractivity contribution in [3.8, 4) is 0 Å². The second-order valence-corrected chi connectivity index (χ2v) is 5.11. The lowest BCUT2D eigenvalue weighted by Crippen LogP contribution is -2.24. The molecule has 1 fully saturated rings. The van der Waals surface area contributed by atoms with Gasteiger partial charge in [-0.3, -0.25) is 0 Å². The fourth-order valence-corrected chi connectivity index (χ4v) is 2.42. The van der Waals surface area contributed by atoms with Crippen LogP contribution in [0.1, 0.15) is 36.9 Å². The predicted octanol–water partition coefficient (Wildman–Crippen LogP) is 2.71. The van der Waals surface area contributed by atoms with Crippen molar-refractivity contribution in [1.82, 2.24) is 5.32 Å². The van der Waals surface area contributed by atoms with Gasteiger partial charge in [0.15, 0.2) is 0 Å². The van der Waals surface area contributed by atoms with Crippen LogP contribution in [0.25, 0.3) is 0 Å². The smallest absolute Gasteiger partial charge is 0.0809 e. The van der Waals surface area contributed by atoms with Crippen LogP contribution in [0.4, 0.5) is 0 Å². The lowest BCUT2D eigenvalue weighted by Gasteiger charge is -2.18. The average molecular weight is 263 g/mol. The summed E-state index contributed by atoms with van der Waals surface area (Å²) >= 11 is 0. The summed E-state index contributed by atoms with van der Waals surface area (Å²) in [5, 5.41) is 3.32. The van der Waals surface area contributed by atoms with Gasteiger partial charge in [0.25, 0.3) is 0 Å². The van der Waals surface area contributed by atoms with Gasteiger partial charge < -0.3 is 14.8 Å². The van der Waals surface area contributed by atoms with E-state index in [4.69, 9.17) is 9.47 Å². The van der Waals surface area contributed by atoms with Crippen molar-refractivity contribution in [3.63, 3.8) is 0 Å². The minimum Gasteiger partial charge on any atom is -0.377 e. The monoisotopic (exact) mass is 263 g/mol. The van der Waals surface area contributed by atoms with Crippen molar-refractivity contribution in [2.45, 2.75) is 38.3 Å². The quantitative estimate of drug-likeness (QED) is 0.820. The molecular weight excluding hydrogens is 238 g/mol. The molecular formula is C16H25NO2. The van der Waals surface area contributed by atoms with Gasteiger partial charge in [0.1, 0.15) is 0 Å². The Balaban J connectivity index is 1.80. The molecule has 1 N–H and O–H groups in total. The van der Waals surface area contributed by atoms with Crippen LogP contribution in [0.5, 0.6) is 0 Å². The second-order valence-electron chi connectivity index (χ2n) is 5.11. The third kappa shape index (κ3) is 4.30. The van der Waals surface area contributed by atoms with Crippen LogP contribution < -0.4 is 5.32 Å². The van der Waals surface area contributed by atoms with Crippen molar-refractivity contribution < 1.29 is 9.47 Å². The third-order valence-corrected chi connectivity index (χ3v) is 3.75. The van der Waals surface area contributed by atoms with Crippen LogP contribution in [0.3, 0.4) is 0 Å². The molecule has 0 spiro atoms. The lowest BCUT2D eigenvalue weighted by molar-refractivity contribution is 0.0105. The molecule has 2 atom stereocenters. The number of ether oxygens (including phenoxy) is 2. The normalized spacial score (nSPS) is 20.6. The SMILES string of the molecule is CCc1ccc(C(COCC2CCCO2)NC)cc1. The Morgan fingerprint density at radius 3 is 2.74 bits per heavy atom. The fourth-order valence-electron chi connectivity index (χ4n) is 2.42. The zero-order valence-electron chi connectivity index (χ0n) is 12.0. The molecule has 1 aliphatic rings. The highest BCUT2D eigenvalue weighted by Crippen LogP contribution is 2.16. The predicted molar refractivity (Wildman–Crippen MR) is 77.4 cm³/mol. The molecule has 106 valence electrons. The fraction of sp³-hybridized carbons (Fsp3) is 0.625. The summed E-state index contributed by atoms with van der Waals surface area (Å²) in [5.41, 5.74) is 2.66. The number of likely N-dealkylation sites (N-methyl/N-ethyl adjacent to an activating group) is 1. The van der Waals surface area contributed by atoms with Gasteiger partial charge in [-0.1, -0.05) is 31.2 Å². The van der Waals surface area contributed by atoms with E-state index in [0.29, 0.717) is 19.3 Å². The van der Waals surface area contributed by atoms with Gasteiger partial charge in [-0.25, -0.2) is 0 Å². The van der Waals surface area contributed by atoms with Crippen LogP contribution in [0.2, 0.25) is 0 Å². The van der Waals surface area contributed by atoms with Crippen LogP contribution >= 0.6 is 0 Å². The second kappa shape index (κ2) is 7.63. The van der Waals surface area contributed by atoms with Gasteiger partial charge in [0.2, 0.25) is 0 Å². The molecule has 0 aromatic heterocycles. The molecule has 3 heteroatoms. The van der Waals surface area contributed by atoms with Crippen LogP contribution in [-0.2, 0) is 15.9 Å². The molecule has 0 amide bonds. The third-order valence-electron chi connectivity index (χ3n) is 3.75. The average Bonchev–Trinajstić information content (AvgIpc) is 2.97. The first-order valence-electron chi connectivity index (χ1n) is 7.29. The molecule has 1 saturated heterocycles. The molecule has 0 bridgehead atoms. The van der Waals surface area contributed by atoms with Crippen molar-refractivity contribution >= 4 is 0 Å². The lowest BCUT2D eigenvalue weighted by atomic mass is 10.0. The van der Waals surface area contributed by atoms with Gasteiger partial charge >= 0.3 is 0 Å². The first-order valence-corrected chi connectivity index (χ1v) is 7.29. The molecule has 0 radical (unpaired) electrons. The van der Waals surface area contributed by atoms with Crippen LogP contribution in [0.15, 0.2) is 24.3 Å². The molecule has 1 aromatic rings. The summed E-state index contributed by atoms with van der Waals surface area (Å²) in [4.78, 5) is 0. The number of hydrogen-bond acceptors (Lipinski definition) is 3. The number of hydrogen-bond donors (Lipinski definition) is 1. The number of rotatable bonds is 7. The van der Waals surface area contributed by atoms with Crippen molar-refractivity contribution in [2.24, 2.45) is 0 Å². The molecule has 3 nitrogen and oxygen atoms in total. The van der Waals surface area contributed by atoms with E-state index in [2.05, 4.69) is 36.5 Å². The number of benzene rings is 1. The molecule has 19 heavy (non-hydrogen) atoms. The van der Waals surface area contributed by atoms with Gasteiger partial charge in [-0.15, -0.1) is 0 Å². The largest absolute Gasteiger partial charge is 0.377 e. The highest BCUT2D eigenvalue weighted by molar-refractivity contribution is 5.25. The first kappa shape index (κ1) is 14.5. The molecule has 2 unspecified atom stereocenters. The van der Waals surface area contributed by atoms with E-state index >= 15 is 0 Å². The summed E-state index contributed by atoms with van der Waals surface area (Å²) in [7, 11) is 1.98. The molecule has 1 aliphatic heterocycles. The molecule has 2 rings (SSSR count). The van der Waals surface area contributed by atoms with Crippen LogP contribution in [-0.4, -0.2) is 33.0 Å². The Hall–Kier alpha value is -0.900. The minimum absolute atomic E-state index is 0.257. The van der Waals surface area contributed by atoms with E-state index in [-0.39, 0.29) is 6.04 Å². The van der Waals surface area contributed by atoms with Crippen molar-refractivity contribution in [2.75, 3.05) is 26.9 Å². The maximum absolute atomic E-state index is 5.79. The summed E-state index contributed by atoms with van der Waals surface area (Å²) in [6.45, 7) is 4.48. The Kier molecular flexibility index (Phi) is 5.83. The Bertz CT molecular complexity index is 358. The van der Waals surface area contributed by atoms with E-state index in [1.807, 2.05) is 7.05 Å². The van der Waals surface area contributed by atoms with Crippen molar-refractivity contribution in [1.29, 1.82) is 0 Å². The van der Waals surface area contributed by atoms with E-state index in [0.717, 1.165) is 19.4 Å². The maximum atomic E-state index is 5.79. The maximum Gasteiger partial charge on any atom is 0.0809 e.